The lowest BCUT2D eigenvalue weighted by Gasteiger charge is -2.29. The van der Waals surface area contributed by atoms with Gasteiger partial charge in [0.05, 0.1) is 13.1 Å². The van der Waals surface area contributed by atoms with Gasteiger partial charge in [0.25, 0.3) is 0 Å². The number of fused-ring (bicyclic) bond motifs is 1. The van der Waals surface area contributed by atoms with Crippen molar-refractivity contribution in [2.45, 2.75) is 33.1 Å². The first kappa shape index (κ1) is 12.8. The van der Waals surface area contributed by atoms with Crippen LogP contribution in [0.1, 0.15) is 18.6 Å². The van der Waals surface area contributed by atoms with E-state index in [1.54, 1.807) is 11.6 Å². The van der Waals surface area contributed by atoms with E-state index < -0.39 is 18.0 Å². The fourth-order valence-electron chi connectivity index (χ4n) is 1.86. The topological polar surface area (TPSA) is 51.0 Å². The van der Waals surface area contributed by atoms with Crippen molar-refractivity contribution in [1.29, 1.82) is 0 Å². The van der Waals surface area contributed by atoms with E-state index in [9.17, 15) is 18.0 Å². The molecule has 1 aromatic rings. The predicted molar refractivity (Wildman–Crippen MR) is 55.4 cm³/mol. The molecule has 0 aliphatic carbocycles. The highest BCUT2D eigenvalue weighted by Crippen LogP contribution is 2.28. The molecule has 0 saturated heterocycles. The van der Waals surface area contributed by atoms with Gasteiger partial charge in [0.1, 0.15) is 17.6 Å². The maximum Gasteiger partial charge on any atom is 0.400 e. The highest BCUT2D eigenvalue weighted by molar-refractivity contribution is 5.79. The molecule has 0 saturated carbocycles. The molecule has 1 unspecified atom stereocenters. The Labute approximate surface area is 102 Å². The zero-order valence-corrected chi connectivity index (χ0v) is 10.0. The van der Waals surface area contributed by atoms with Gasteiger partial charge in [-0.3, -0.25) is 4.79 Å². The first-order valence-electron chi connectivity index (χ1n) is 5.55. The van der Waals surface area contributed by atoms with Gasteiger partial charge in [-0.15, -0.1) is 0 Å². The summed E-state index contributed by atoms with van der Waals surface area (Å²) in [5, 5.41) is 4.08. The second-order valence-corrected chi connectivity index (χ2v) is 4.32. The van der Waals surface area contributed by atoms with Crippen LogP contribution in [0.5, 0.6) is 0 Å². The van der Waals surface area contributed by atoms with E-state index in [-0.39, 0.29) is 13.1 Å². The van der Waals surface area contributed by atoms with E-state index >= 15 is 0 Å². The second kappa shape index (κ2) is 4.25. The monoisotopic (exact) mass is 262 g/mol. The molecular weight excluding hydrogens is 249 g/mol. The third-order valence-electron chi connectivity index (χ3n) is 2.94. The minimum absolute atomic E-state index is 0.0834. The number of carbonyl (C=O) groups is 1. The molecule has 8 heteroatoms. The number of rotatable bonds is 1. The lowest BCUT2D eigenvalue weighted by Crippen LogP contribution is -2.44. The molecule has 5 nitrogen and oxygen atoms in total. The number of aryl methyl sites for hydroxylation is 1. The average molecular weight is 262 g/mol. The van der Waals surface area contributed by atoms with Crippen molar-refractivity contribution in [3.63, 3.8) is 0 Å². The molecule has 0 fully saturated rings. The molecule has 0 bridgehead atoms. The molecular formula is C10H13F3N4O. The third kappa shape index (κ3) is 2.32. The van der Waals surface area contributed by atoms with Gasteiger partial charge in [0.15, 0.2) is 0 Å². The number of hydrogen-bond acceptors (Lipinski definition) is 3. The van der Waals surface area contributed by atoms with Gasteiger partial charge < -0.3 is 4.90 Å². The fourth-order valence-corrected chi connectivity index (χ4v) is 1.86. The lowest BCUT2D eigenvalue weighted by atomic mass is 10.1. The molecule has 1 aliphatic rings. The van der Waals surface area contributed by atoms with Gasteiger partial charge in [-0.25, -0.2) is 9.67 Å². The Hall–Kier alpha value is -1.60. The second-order valence-electron chi connectivity index (χ2n) is 4.32. The number of alkyl halides is 3. The van der Waals surface area contributed by atoms with Crippen molar-refractivity contribution in [2.75, 3.05) is 6.54 Å². The van der Waals surface area contributed by atoms with E-state index in [1.807, 2.05) is 0 Å². The van der Waals surface area contributed by atoms with Crippen LogP contribution in [0, 0.1) is 12.8 Å². The zero-order valence-electron chi connectivity index (χ0n) is 10.0. The Morgan fingerprint density at radius 1 is 1.39 bits per heavy atom. The molecule has 2 heterocycles. The zero-order chi connectivity index (χ0) is 13.5. The van der Waals surface area contributed by atoms with Crippen LogP contribution in [-0.4, -0.2) is 38.3 Å². The van der Waals surface area contributed by atoms with Gasteiger partial charge in [0.2, 0.25) is 5.91 Å². The van der Waals surface area contributed by atoms with E-state index in [4.69, 9.17) is 0 Å². The van der Waals surface area contributed by atoms with Gasteiger partial charge in [-0.05, 0) is 13.8 Å². The largest absolute Gasteiger partial charge is 0.400 e. The van der Waals surface area contributed by atoms with Crippen molar-refractivity contribution >= 4 is 5.91 Å². The maximum atomic E-state index is 12.5. The number of aromatic nitrogens is 3. The smallest absolute Gasteiger partial charge is 0.333 e. The number of hydrogen-bond donors (Lipinski definition) is 0. The van der Waals surface area contributed by atoms with Gasteiger partial charge in [-0.2, -0.15) is 18.3 Å². The van der Waals surface area contributed by atoms with Crippen molar-refractivity contribution in [3.05, 3.63) is 11.6 Å². The van der Waals surface area contributed by atoms with Crippen molar-refractivity contribution in [1.82, 2.24) is 19.7 Å². The third-order valence-corrected chi connectivity index (χ3v) is 2.94. The van der Waals surface area contributed by atoms with Crippen LogP contribution < -0.4 is 0 Å². The molecule has 100 valence electrons. The highest BCUT2D eigenvalue weighted by Gasteiger charge is 2.43. The summed E-state index contributed by atoms with van der Waals surface area (Å²) in [6.07, 6.45) is -4.50. The minimum atomic E-state index is -4.50. The van der Waals surface area contributed by atoms with Gasteiger partial charge in [-0.1, -0.05) is 0 Å². The molecule has 18 heavy (non-hydrogen) atoms. The molecule has 0 aromatic carbocycles. The van der Waals surface area contributed by atoms with E-state index in [0.717, 1.165) is 6.92 Å². The van der Waals surface area contributed by atoms with Crippen molar-refractivity contribution < 1.29 is 18.0 Å². The SMILES string of the molecule is Cc1nc2n(n1)CCN(C(=O)C(C)C(F)(F)F)C2. The van der Waals surface area contributed by atoms with Crippen molar-refractivity contribution in [2.24, 2.45) is 5.92 Å². The van der Waals surface area contributed by atoms with Crippen LogP contribution in [0.2, 0.25) is 0 Å². The Morgan fingerprint density at radius 3 is 2.67 bits per heavy atom. The quantitative estimate of drug-likeness (QED) is 0.762. The number of halogens is 3. The molecule has 0 radical (unpaired) electrons. The van der Waals surface area contributed by atoms with E-state index in [0.29, 0.717) is 18.2 Å². The first-order valence-corrected chi connectivity index (χ1v) is 5.55. The Bertz CT molecular complexity index is 468. The number of amides is 1. The summed E-state index contributed by atoms with van der Waals surface area (Å²) >= 11 is 0. The Balaban J connectivity index is 2.11. The van der Waals surface area contributed by atoms with E-state index in [1.165, 1.54) is 4.90 Å². The fraction of sp³-hybridized carbons (Fsp3) is 0.700. The van der Waals surface area contributed by atoms with Gasteiger partial charge in [0, 0.05) is 6.54 Å². The molecule has 1 amide bonds. The number of carbonyl (C=O) groups excluding carboxylic acids is 1. The normalized spacial score (nSPS) is 17.5. The summed E-state index contributed by atoms with van der Waals surface area (Å²) in [4.78, 5) is 17.0. The standard InChI is InChI=1S/C10H13F3N4O/c1-6(10(11,12)13)9(18)16-3-4-17-8(5-16)14-7(2)15-17/h6H,3-5H2,1-2H3. The molecule has 1 aromatic heterocycles. The molecule has 2 rings (SSSR count). The molecule has 1 atom stereocenters. The minimum Gasteiger partial charge on any atom is -0.333 e. The van der Waals surface area contributed by atoms with Crippen LogP contribution >= 0.6 is 0 Å². The van der Waals surface area contributed by atoms with Crippen LogP contribution in [0.15, 0.2) is 0 Å². The molecule has 0 spiro atoms. The van der Waals surface area contributed by atoms with Crippen LogP contribution in [0.4, 0.5) is 13.2 Å². The van der Waals surface area contributed by atoms with E-state index in [2.05, 4.69) is 10.1 Å². The summed E-state index contributed by atoms with van der Waals surface area (Å²) in [5.41, 5.74) is 0. The summed E-state index contributed by atoms with van der Waals surface area (Å²) in [7, 11) is 0. The van der Waals surface area contributed by atoms with Gasteiger partial charge >= 0.3 is 6.18 Å². The Morgan fingerprint density at radius 2 is 2.06 bits per heavy atom. The highest BCUT2D eigenvalue weighted by atomic mass is 19.4. The number of nitrogens with zero attached hydrogens (tertiary/aromatic N) is 4. The lowest BCUT2D eigenvalue weighted by molar-refractivity contribution is -0.186. The summed E-state index contributed by atoms with van der Waals surface area (Å²) in [6.45, 7) is 3.28. The van der Waals surface area contributed by atoms with Crippen LogP contribution in [0.25, 0.3) is 0 Å². The first-order chi connectivity index (χ1) is 8.29. The summed E-state index contributed by atoms with van der Waals surface area (Å²) in [6, 6.07) is 0. The molecule has 1 aliphatic heterocycles. The average Bonchev–Trinajstić information content (AvgIpc) is 2.64. The van der Waals surface area contributed by atoms with Crippen molar-refractivity contribution in [3.8, 4) is 0 Å². The predicted octanol–water partition coefficient (Wildman–Crippen LogP) is 1.13. The Kier molecular flexibility index (Phi) is 3.04. The molecule has 0 N–H and O–H groups in total. The summed E-state index contributed by atoms with van der Waals surface area (Å²) < 4.78 is 39.0. The van der Waals surface area contributed by atoms with Crippen LogP contribution in [-0.2, 0) is 17.9 Å². The maximum absolute atomic E-state index is 12.5. The van der Waals surface area contributed by atoms with Crippen LogP contribution in [0.3, 0.4) is 0 Å². The summed E-state index contributed by atoms with van der Waals surface area (Å²) in [5.74, 6) is -1.80.